The molecule has 0 spiro atoms. The van der Waals surface area contributed by atoms with E-state index >= 15 is 0 Å². The van der Waals surface area contributed by atoms with Crippen molar-refractivity contribution in [2.24, 2.45) is 0 Å². The quantitative estimate of drug-likeness (QED) is 0.820. The summed E-state index contributed by atoms with van der Waals surface area (Å²) in [6.07, 6.45) is 1.53. The number of aromatic nitrogens is 1. The summed E-state index contributed by atoms with van der Waals surface area (Å²) in [6.45, 7) is 9.68. The first kappa shape index (κ1) is 15.4. The number of carbonyl (C=O) groups is 1. The Kier molecular flexibility index (Phi) is 5.76. The zero-order valence-corrected chi connectivity index (χ0v) is 12.0. The number of ether oxygens (including phenoxy) is 1. The molecule has 1 aromatic rings. The Morgan fingerprint density at radius 2 is 2.00 bits per heavy atom. The predicted molar refractivity (Wildman–Crippen MR) is 73.7 cm³/mol. The number of pyridine rings is 1. The number of hydrogen-bond acceptors (Lipinski definition) is 4. The average molecular weight is 266 g/mol. The van der Waals surface area contributed by atoms with Gasteiger partial charge in [-0.05, 0) is 39.8 Å². The van der Waals surface area contributed by atoms with E-state index in [4.69, 9.17) is 9.84 Å². The topological polar surface area (TPSA) is 62.7 Å². The fourth-order valence-electron chi connectivity index (χ4n) is 2.03. The van der Waals surface area contributed by atoms with E-state index in [1.54, 1.807) is 6.07 Å². The van der Waals surface area contributed by atoms with Gasteiger partial charge in [0.1, 0.15) is 12.2 Å². The number of nitrogens with zero attached hydrogens (tertiary/aromatic N) is 2. The van der Waals surface area contributed by atoms with Crippen LogP contribution in [0.25, 0.3) is 0 Å². The van der Waals surface area contributed by atoms with Crippen molar-refractivity contribution in [1.29, 1.82) is 0 Å². The summed E-state index contributed by atoms with van der Waals surface area (Å²) in [4.78, 5) is 17.3. The van der Waals surface area contributed by atoms with Crippen LogP contribution in [0.2, 0.25) is 0 Å². The van der Waals surface area contributed by atoms with Crippen LogP contribution in [0, 0.1) is 0 Å². The van der Waals surface area contributed by atoms with Crippen molar-refractivity contribution >= 4 is 5.97 Å². The van der Waals surface area contributed by atoms with Crippen LogP contribution in [0.4, 0.5) is 0 Å². The standard InChI is InChI=1S/C14H22N2O3/c1-10(2)16(11(3)4)8-9-19-13-12(14(17)18)6-5-7-15-13/h5-7,10-11H,8-9H2,1-4H3,(H,17,18). The van der Waals surface area contributed by atoms with Gasteiger partial charge >= 0.3 is 5.97 Å². The molecule has 0 aliphatic rings. The summed E-state index contributed by atoms with van der Waals surface area (Å²) in [5.41, 5.74) is 0.100. The third-order valence-electron chi connectivity index (χ3n) is 2.92. The van der Waals surface area contributed by atoms with E-state index in [0.717, 1.165) is 6.54 Å². The minimum atomic E-state index is -1.02. The van der Waals surface area contributed by atoms with Gasteiger partial charge in [0.15, 0.2) is 0 Å². The van der Waals surface area contributed by atoms with Gasteiger partial charge < -0.3 is 9.84 Å². The fourth-order valence-corrected chi connectivity index (χ4v) is 2.03. The van der Waals surface area contributed by atoms with Crippen molar-refractivity contribution in [3.05, 3.63) is 23.9 Å². The molecule has 0 saturated carbocycles. The van der Waals surface area contributed by atoms with E-state index in [1.165, 1.54) is 12.3 Å². The van der Waals surface area contributed by atoms with Crippen molar-refractivity contribution in [3.63, 3.8) is 0 Å². The highest BCUT2D eigenvalue weighted by Gasteiger charge is 2.15. The van der Waals surface area contributed by atoms with Gasteiger partial charge in [-0.3, -0.25) is 4.90 Å². The van der Waals surface area contributed by atoms with Crippen LogP contribution in [0.3, 0.4) is 0 Å². The molecule has 0 fully saturated rings. The molecule has 0 saturated heterocycles. The lowest BCUT2D eigenvalue weighted by atomic mass is 10.2. The van der Waals surface area contributed by atoms with Crippen molar-refractivity contribution in [2.75, 3.05) is 13.2 Å². The molecule has 106 valence electrons. The van der Waals surface area contributed by atoms with Gasteiger partial charge in [-0.25, -0.2) is 9.78 Å². The second-order valence-corrected chi connectivity index (χ2v) is 4.94. The predicted octanol–water partition coefficient (Wildman–Crippen LogP) is 2.28. The molecule has 0 bridgehead atoms. The lowest BCUT2D eigenvalue weighted by Gasteiger charge is -2.30. The number of rotatable bonds is 7. The molecule has 1 N–H and O–H groups in total. The summed E-state index contributed by atoms with van der Waals surface area (Å²) in [7, 11) is 0. The van der Waals surface area contributed by atoms with E-state index in [0.29, 0.717) is 18.7 Å². The average Bonchev–Trinajstić information content (AvgIpc) is 2.33. The van der Waals surface area contributed by atoms with Gasteiger partial charge in [0.25, 0.3) is 0 Å². The lowest BCUT2D eigenvalue weighted by Crippen LogP contribution is -2.39. The smallest absolute Gasteiger partial charge is 0.341 e. The molecule has 19 heavy (non-hydrogen) atoms. The number of hydrogen-bond donors (Lipinski definition) is 1. The van der Waals surface area contributed by atoms with Crippen LogP contribution >= 0.6 is 0 Å². The van der Waals surface area contributed by atoms with Crippen molar-refractivity contribution < 1.29 is 14.6 Å². The Morgan fingerprint density at radius 3 is 2.53 bits per heavy atom. The highest BCUT2D eigenvalue weighted by atomic mass is 16.5. The first-order valence-corrected chi connectivity index (χ1v) is 6.50. The molecule has 0 aliphatic carbocycles. The Bertz CT molecular complexity index is 411. The van der Waals surface area contributed by atoms with Crippen LogP contribution in [-0.2, 0) is 0 Å². The zero-order chi connectivity index (χ0) is 14.4. The molecular formula is C14H22N2O3. The van der Waals surface area contributed by atoms with Crippen LogP contribution in [-0.4, -0.2) is 46.2 Å². The molecule has 1 aromatic heterocycles. The fraction of sp³-hybridized carbons (Fsp3) is 0.571. The van der Waals surface area contributed by atoms with Crippen LogP contribution in [0.15, 0.2) is 18.3 Å². The van der Waals surface area contributed by atoms with Crippen LogP contribution < -0.4 is 4.74 Å². The maximum atomic E-state index is 11.0. The second-order valence-electron chi connectivity index (χ2n) is 4.94. The van der Waals surface area contributed by atoms with Gasteiger partial charge in [0, 0.05) is 24.8 Å². The number of aromatic carboxylic acids is 1. The number of carboxylic acids is 1. The first-order valence-electron chi connectivity index (χ1n) is 6.50. The Hall–Kier alpha value is -1.62. The zero-order valence-electron chi connectivity index (χ0n) is 12.0. The largest absolute Gasteiger partial charge is 0.477 e. The van der Waals surface area contributed by atoms with Gasteiger partial charge in [-0.2, -0.15) is 0 Å². The van der Waals surface area contributed by atoms with E-state index in [2.05, 4.69) is 37.6 Å². The maximum absolute atomic E-state index is 11.0. The molecule has 0 unspecified atom stereocenters. The lowest BCUT2D eigenvalue weighted by molar-refractivity contribution is 0.0689. The van der Waals surface area contributed by atoms with Crippen molar-refractivity contribution in [2.45, 2.75) is 39.8 Å². The molecule has 5 nitrogen and oxygen atoms in total. The summed E-state index contributed by atoms with van der Waals surface area (Å²) >= 11 is 0. The minimum absolute atomic E-state index is 0.100. The highest BCUT2D eigenvalue weighted by Crippen LogP contribution is 2.14. The van der Waals surface area contributed by atoms with Crippen LogP contribution in [0.5, 0.6) is 5.88 Å². The summed E-state index contributed by atoms with van der Waals surface area (Å²) < 4.78 is 5.50. The molecule has 0 amide bonds. The van der Waals surface area contributed by atoms with E-state index in [1.807, 2.05) is 0 Å². The third-order valence-corrected chi connectivity index (χ3v) is 2.92. The highest BCUT2D eigenvalue weighted by molar-refractivity contribution is 5.90. The van der Waals surface area contributed by atoms with Gasteiger partial charge in [0.05, 0.1) is 0 Å². The first-order chi connectivity index (χ1) is 8.93. The molecular weight excluding hydrogens is 244 g/mol. The normalized spacial score (nSPS) is 11.3. The minimum Gasteiger partial charge on any atom is -0.477 e. The molecule has 5 heteroatoms. The Morgan fingerprint density at radius 1 is 1.37 bits per heavy atom. The van der Waals surface area contributed by atoms with Crippen molar-refractivity contribution in [1.82, 2.24) is 9.88 Å². The third kappa shape index (κ3) is 4.52. The molecule has 0 aliphatic heterocycles. The Labute approximate surface area is 114 Å². The molecule has 0 atom stereocenters. The number of carboxylic acid groups (broad SMARTS) is 1. The maximum Gasteiger partial charge on any atom is 0.341 e. The van der Waals surface area contributed by atoms with E-state index < -0.39 is 5.97 Å². The SMILES string of the molecule is CC(C)N(CCOc1ncccc1C(=O)O)C(C)C. The molecule has 1 rings (SSSR count). The second kappa shape index (κ2) is 7.09. The van der Waals surface area contributed by atoms with E-state index in [-0.39, 0.29) is 11.4 Å². The summed E-state index contributed by atoms with van der Waals surface area (Å²) in [5, 5.41) is 9.02. The summed E-state index contributed by atoms with van der Waals surface area (Å²) in [5.74, 6) is -0.838. The molecule has 0 aromatic carbocycles. The summed E-state index contributed by atoms with van der Waals surface area (Å²) in [6, 6.07) is 3.93. The van der Waals surface area contributed by atoms with Gasteiger partial charge in [-0.1, -0.05) is 0 Å². The van der Waals surface area contributed by atoms with Crippen LogP contribution in [0.1, 0.15) is 38.1 Å². The monoisotopic (exact) mass is 266 g/mol. The molecule has 1 heterocycles. The van der Waals surface area contributed by atoms with Gasteiger partial charge in [-0.15, -0.1) is 0 Å². The van der Waals surface area contributed by atoms with Crippen molar-refractivity contribution in [3.8, 4) is 5.88 Å². The Balaban J connectivity index is 2.60. The molecule has 0 radical (unpaired) electrons. The van der Waals surface area contributed by atoms with Gasteiger partial charge in [0.2, 0.25) is 5.88 Å². The van der Waals surface area contributed by atoms with E-state index in [9.17, 15) is 4.79 Å².